The van der Waals surface area contributed by atoms with Crippen molar-refractivity contribution < 1.29 is 37.9 Å². The highest BCUT2D eigenvalue weighted by Gasteiger charge is 2.51. The number of rotatable bonds is 20. The van der Waals surface area contributed by atoms with Crippen LogP contribution in [0.4, 0.5) is 68.2 Å². The Morgan fingerprint density at radius 1 is 0.156 bits per heavy atom. The van der Waals surface area contributed by atoms with Gasteiger partial charge in [-0.15, -0.1) is 0 Å². The minimum atomic E-state index is -0.690. The predicted molar refractivity (Wildman–Crippen MR) is 496 cm³/mol. The van der Waals surface area contributed by atoms with Crippen LogP contribution in [-0.2, 0) is 10.8 Å². The number of hydrogen-bond acceptors (Lipinski definition) is 12. The summed E-state index contributed by atoms with van der Waals surface area (Å²) in [5.41, 5.74) is 30.1. The zero-order valence-corrected chi connectivity index (χ0v) is 69.0. The molecule has 16 aromatic rings. The van der Waals surface area contributed by atoms with Crippen molar-refractivity contribution in [1.82, 2.24) is 0 Å². The van der Waals surface area contributed by atoms with Gasteiger partial charge in [0.25, 0.3) is 0 Å². The smallest absolute Gasteiger partial charge is 0.119 e. The van der Waals surface area contributed by atoms with Crippen molar-refractivity contribution in [2.45, 2.75) is 10.8 Å². The summed E-state index contributed by atoms with van der Waals surface area (Å²) in [6.07, 6.45) is 9.13. The molecule has 596 valence electrons. The van der Waals surface area contributed by atoms with E-state index in [0.717, 1.165) is 136 Å². The number of methoxy groups -OCH3 is 8. The number of nitrogens with zero attached hydrogens (tertiary/aromatic N) is 4. The van der Waals surface area contributed by atoms with Crippen LogP contribution in [0.5, 0.6) is 46.0 Å². The molecule has 4 aliphatic rings. The molecule has 16 aromatic carbocycles. The first-order valence-corrected chi connectivity index (χ1v) is 40.7. The minimum absolute atomic E-state index is 0.690. The number of hydrogen-bond donors (Lipinski definition) is 0. The van der Waals surface area contributed by atoms with Gasteiger partial charge in [-0.25, -0.2) is 0 Å². The highest BCUT2D eigenvalue weighted by Crippen LogP contribution is 2.63. The van der Waals surface area contributed by atoms with Crippen molar-refractivity contribution in [3.05, 3.63) is 431 Å². The van der Waals surface area contributed by atoms with E-state index in [0.29, 0.717) is 0 Å². The molecule has 0 saturated carbocycles. The highest BCUT2D eigenvalue weighted by atomic mass is 16.5. The molecule has 0 N–H and O–H groups in total. The molecule has 0 atom stereocenters. The van der Waals surface area contributed by atoms with Gasteiger partial charge in [-0.05, 0) is 332 Å². The SMILES string of the molecule is COc1ccc(N(c2ccc(OC)cc2)c2ccc3c(c2)C2(c4cc(N(c5ccc(OC)cc5)c5ccc(OC)cc5)ccc4C=C3)c3ccccc3-c3ccccc32)cc1.COc1ccc(N(c2ccc(OC)cc2)c2ccc3c(c2)C2(c4cc(N(c5ccc(OC)cc5)c5ccc(OC)cc5)ccc4C=C3)c3ccccc3-c3ccccc32)cc1. The van der Waals surface area contributed by atoms with Crippen LogP contribution in [0.2, 0.25) is 0 Å². The van der Waals surface area contributed by atoms with Crippen molar-refractivity contribution in [2.24, 2.45) is 0 Å². The van der Waals surface area contributed by atoms with Crippen LogP contribution >= 0.6 is 0 Å². The summed E-state index contributed by atoms with van der Waals surface area (Å²) in [6.45, 7) is 0. The standard InChI is InChI=1S/2C55H44N2O4/c2*1-58-45-27-19-39(20-28-45)56(40-21-29-46(59-2)30-22-40)43-17-15-37-13-14-38-16-18-44(57(41-23-31-47(60-3)32-24-41)42-25-33-48(61-4)34-26-42)36-54(38)55(53(37)35-43)51-11-7-5-9-49(51)50-10-6-8-12-52(50)55/h2*5-36H,1-4H3. The van der Waals surface area contributed by atoms with Crippen LogP contribution in [0.3, 0.4) is 0 Å². The van der Waals surface area contributed by atoms with Crippen LogP contribution in [0.15, 0.2) is 364 Å². The molecule has 0 bridgehead atoms. The van der Waals surface area contributed by atoms with E-state index in [1.165, 1.54) is 66.8 Å². The summed E-state index contributed by atoms with van der Waals surface area (Å²) in [4.78, 5) is 9.22. The predicted octanol–water partition coefficient (Wildman–Crippen LogP) is 27.0. The summed E-state index contributed by atoms with van der Waals surface area (Å²) < 4.78 is 44.7. The maximum absolute atomic E-state index is 5.59. The molecule has 0 radical (unpaired) electrons. The van der Waals surface area contributed by atoms with Crippen molar-refractivity contribution in [3.63, 3.8) is 0 Å². The van der Waals surface area contributed by atoms with Crippen molar-refractivity contribution in [2.75, 3.05) is 76.5 Å². The Morgan fingerprint density at radius 2 is 0.303 bits per heavy atom. The van der Waals surface area contributed by atoms with E-state index in [1.54, 1.807) is 56.9 Å². The molecule has 0 saturated heterocycles. The Balaban J connectivity index is 0.000000161. The molecular formula is C110H88N4O8. The average Bonchev–Trinajstić information content (AvgIpc) is 1.52. The number of fused-ring (bicyclic) bond motifs is 18. The molecule has 0 fully saturated rings. The van der Waals surface area contributed by atoms with E-state index in [9.17, 15) is 0 Å². The van der Waals surface area contributed by atoms with Gasteiger partial charge in [0.1, 0.15) is 46.0 Å². The van der Waals surface area contributed by atoms with Crippen molar-refractivity contribution >= 4 is 92.6 Å². The van der Waals surface area contributed by atoms with E-state index in [2.05, 4.69) is 311 Å². The van der Waals surface area contributed by atoms with Gasteiger partial charge in [0.05, 0.1) is 67.7 Å². The summed E-state index contributed by atoms with van der Waals surface area (Å²) in [5, 5.41) is 0. The molecule has 4 aliphatic carbocycles. The second-order valence-corrected chi connectivity index (χ2v) is 30.4. The van der Waals surface area contributed by atoms with Gasteiger partial charge in [-0.1, -0.05) is 146 Å². The molecule has 2 spiro atoms. The van der Waals surface area contributed by atoms with Gasteiger partial charge < -0.3 is 57.5 Å². The number of ether oxygens (including phenoxy) is 8. The summed E-state index contributed by atoms with van der Waals surface area (Å²) in [5.74, 6) is 6.40. The van der Waals surface area contributed by atoms with Crippen molar-refractivity contribution in [3.8, 4) is 68.2 Å². The average molecular weight is 1590 g/mol. The Morgan fingerprint density at radius 3 is 0.459 bits per heavy atom. The fraction of sp³-hybridized carbons (Fsp3) is 0.0909. The molecule has 0 aromatic heterocycles. The molecule has 12 heteroatoms. The maximum Gasteiger partial charge on any atom is 0.119 e. The number of benzene rings is 16. The molecule has 122 heavy (non-hydrogen) atoms. The number of anilines is 12. The molecule has 12 nitrogen and oxygen atoms in total. The van der Waals surface area contributed by atoms with Gasteiger partial charge in [0.15, 0.2) is 0 Å². The lowest BCUT2D eigenvalue weighted by Gasteiger charge is -2.37. The third-order valence-corrected chi connectivity index (χ3v) is 24.2. The molecule has 20 rings (SSSR count). The van der Waals surface area contributed by atoms with E-state index in [1.807, 2.05) is 97.1 Å². The molecule has 0 amide bonds. The monoisotopic (exact) mass is 1590 g/mol. The third kappa shape index (κ3) is 13.3. The van der Waals surface area contributed by atoms with Crippen LogP contribution < -0.4 is 57.5 Å². The third-order valence-electron chi connectivity index (χ3n) is 24.2. The largest absolute Gasteiger partial charge is 0.497 e. The first-order chi connectivity index (χ1) is 60.1. The first kappa shape index (κ1) is 76.6. The molecular weight excluding hydrogens is 1510 g/mol. The fourth-order valence-electron chi connectivity index (χ4n) is 18.5. The fourth-order valence-corrected chi connectivity index (χ4v) is 18.5. The second-order valence-electron chi connectivity index (χ2n) is 30.4. The highest BCUT2D eigenvalue weighted by molar-refractivity contribution is 5.97. The van der Waals surface area contributed by atoms with Crippen molar-refractivity contribution in [1.29, 1.82) is 0 Å². The summed E-state index contributed by atoms with van der Waals surface area (Å²) >= 11 is 0. The Bertz CT molecular complexity index is 5620. The molecule has 0 aliphatic heterocycles. The summed E-state index contributed by atoms with van der Waals surface area (Å²) in [6, 6.07) is 129. The Hall–Kier alpha value is -15.4. The van der Waals surface area contributed by atoms with Gasteiger partial charge in [-0.3, -0.25) is 0 Å². The van der Waals surface area contributed by atoms with E-state index in [4.69, 9.17) is 37.9 Å². The lowest BCUT2D eigenvalue weighted by molar-refractivity contribution is 0.414. The Kier molecular flexibility index (Phi) is 20.4. The van der Waals surface area contributed by atoms with Gasteiger partial charge in [0.2, 0.25) is 0 Å². The first-order valence-electron chi connectivity index (χ1n) is 40.7. The van der Waals surface area contributed by atoms with Gasteiger partial charge in [-0.2, -0.15) is 0 Å². The van der Waals surface area contributed by atoms with Gasteiger partial charge >= 0.3 is 0 Å². The minimum Gasteiger partial charge on any atom is -0.497 e. The Labute approximate surface area is 712 Å². The van der Waals surface area contributed by atoms with Crippen LogP contribution in [0.25, 0.3) is 46.6 Å². The quantitative estimate of drug-likeness (QED) is 0.0728. The van der Waals surface area contributed by atoms with Crippen LogP contribution in [0.1, 0.15) is 66.8 Å². The van der Waals surface area contributed by atoms with E-state index < -0.39 is 10.8 Å². The van der Waals surface area contributed by atoms with Gasteiger partial charge in [0, 0.05) is 68.2 Å². The zero-order chi connectivity index (χ0) is 83.0. The molecule has 0 heterocycles. The van der Waals surface area contributed by atoms with E-state index in [-0.39, 0.29) is 0 Å². The summed E-state index contributed by atoms with van der Waals surface area (Å²) in [7, 11) is 13.6. The lowest BCUT2D eigenvalue weighted by atomic mass is 9.66. The topological polar surface area (TPSA) is 86.8 Å². The normalized spacial score (nSPS) is 12.7. The zero-order valence-electron chi connectivity index (χ0n) is 69.0. The van der Waals surface area contributed by atoms with E-state index >= 15 is 0 Å². The second kappa shape index (κ2) is 32.5. The lowest BCUT2D eigenvalue weighted by Crippen LogP contribution is -2.30. The van der Waals surface area contributed by atoms with Crippen LogP contribution in [0, 0.1) is 0 Å². The van der Waals surface area contributed by atoms with Crippen LogP contribution in [-0.4, -0.2) is 56.9 Å². The maximum atomic E-state index is 5.59. The molecule has 0 unspecified atom stereocenters.